The average molecular weight is 461 g/mol. The Kier molecular flexibility index (Phi) is 7.80. The third-order valence-corrected chi connectivity index (χ3v) is 8.11. The Morgan fingerprint density at radius 3 is 2.18 bits per heavy atom. The number of hydrogen-bond donors (Lipinski definition) is 0. The van der Waals surface area contributed by atoms with Gasteiger partial charge in [-0.3, -0.25) is 0 Å². The van der Waals surface area contributed by atoms with E-state index in [2.05, 4.69) is 80.5 Å². The summed E-state index contributed by atoms with van der Waals surface area (Å²) in [5, 5.41) is 0. The predicted octanol–water partition coefficient (Wildman–Crippen LogP) is 8.61. The molecular formula is C32H44O2. The Bertz CT molecular complexity index is 1050. The Morgan fingerprint density at radius 1 is 1.03 bits per heavy atom. The molecule has 0 bridgehead atoms. The maximum Gasteiger partial charge on any atom is 0.338 e. The molecule has 2 nitrogen and oxygen atoms in total. The zero-order valence-electron chi connectivity index (χ0n) is 22.8. The number of ether oxygens (including phenoxy) is 1. The van der Waals surface area contributed by atoms with Gasteiger partial charge in [-0.2, -0.15) is 0 Å². The zero-order valence-corrected chi connectivity index (χ0v) is 22.8. The number of fused-ring (bicyclic) bond motifs is 1. The molecule has 1 unspecified atom stereocenters. The van der Waals surface area contributed by atoms with Crippen LogP contribution in [0.3, 0.4) is 0 Å². The minimum atomic E-state index is -0.238. The van der Waals surface area contributed by atoms with Crippen LogP contribution in [0.5, 0.6) is 0 Å². The van der Waals surface area contributed by atoms with Crippen molar-refractivity contribution < 1.29 is 9.53 Å². The van der Waals surface area contributed by atoms with Gasteiger partial charge in [0.2, 0.25) is 0 Å². The van der Waals surface area contributed by atoms with Gasteiger partial charge in [0.1, 0.15) is 0 Å². The average Bonchev–Trinajstić information content (AvgIpc) is 2.90. The lowest BCUT2D eigenvalue weighted by Crippen LogP contribution is -2.30. The summed E-state index contributed by atoms with van der Waals surface area (Å²) >= 11 is 0. The smallest absolute Gasteiger partial charge is 0.338 e. The van der Waals surface area contributed by atoms with Gasteiger partial charge in [0.25, 0.3) is 0 Å². The van der Waals surface area contributed by atoms with Crippen molar-refractivity contribution in [3.05, 3.63) is 69.8 Å². The molecule has 2 aromatic rings. The van der Waals surface area contributed by atoms with E-state index in [0.717, 1.165) is 24.8 Å². The molecule has 1 aliphatic rings. The van der Waals surface area contributed by atoms with Crippen LogP contribution in [0.25, 0.3) is 11.6 Å². The second kappa shape index (κ2) is 10.1. The minimum absolute atomic E-state index is 0.143. The molecule has 0 saturated carbocycles. The molecular weight excluding hydrogens is 416 g/mol. The molecule has 2 aromatic carbocycles. The molecule has 2 heteroatoms. The van der Waals surface area contributed by atoms with Crippen molar-refractivity contribution in [1.29, 1.82) is 0 Å². The van der Waals surface area contributed by atoms with Gasteiger partial charge < -0.3 is 4.74 Å². The van der Waals surface area contributed by atoms with Crippen LogP contribution in [-0.4, -0.2) is 12.6 Å². The normalized spacial score (nSPS) is 18.8. The highest BCUT2D eigenvalue weighted by atomic mass is 16.5. The van der Waals surface area contributed by atoms with Gasteiger partial charge in [0.05, 0.1) is 12.2 Å². The molecule has 0 saturated heterocycles. The Labute approximate surface area is 207 Å². The van der Waals surface area contributed by atoms with Gasteiger partial charge in [-0.1, -0.05) is 92.2 Å². The number of allylic oxidation sites excluding steroid dienone is 1. The molecule has 0 spiro atoms. The Hall–Kier alpha value is -2.35. The standard InChI is InChI=1S/C32H44O2/c1-10-11-16-34-30(33)25-14-12-24(13-15-25)18-22(4)27-20-29-28(19-26(27)17-21(2)3)31(6,7)23(5)32(29,8)9/h12-15,18-21,23H,10-11,16-17H2,1-9H3. The molecule has 0 aliphatic heterocycles. The van der Waals surface area contributed by atoms with Crippen LogP contribution >= 0.6 is 0 Å². The molecule has 1 atom stereocenters. The van der Waals surface area contributed by atoms with Gasteiger partial charge in [-0.15, -0.1) is 0 Å². The summed E-state index contributed by atoms with van der Waals surface area (Å²) < 4.78 is 5.34. The van der Waals surface area contributed by atoms with E-state index < -0.39 is 0 Å². The van der Waals surface area contributed by atoms with Crippen LogP contribution in [0.15, 0.2) is 36.4 Å². The molecule has 0 radical (unpaired) electrons. The first kappa shape index (κ1) is 26.3. The predicted molar refractivity (Wildman–Crippen MR) is 145 cm³/mol. The van der Waals surface area contributed by atoms with E-state index >= 15 is 0 Å². The highest BCUT2D eigenvalue weighted by Crippen LogP contribution is 2.54. The fraction of sp³-hybridized carbons (Fsp3) is 0.531. The highest BCUT2D eigenvalue weighted by molar-refractivity contribution is 5.90. The first-order chi connectivity index (χ1) is 15.9. The van der Waals surface area contributed by atoms with Crippen LogP contribution in [0.4, 0.5) is 0 Å². The molecule has 184 valence electrons. The van der Waals surface area contributed by atoms with E-state index in [1.807, 2.05) is 24.3 Å². The van der Waals surface area contributed by atoms with E-state index in [-0.39, 0.29) is 16.8 Å². The topological polar surface area (TPSA) is 26.3 Å². The van der Waals surface area contributed by atoms with Gasteiger partial charge in [0, 0.05) is 0 Å². The summed E-state index contributed by atoms with van der Waals surface area (Å²) in [6, 6.07) is 12.8. The van der Waals surface area contributed by atoms with Crippen molar-refractivity contribution in [2.24, 2.45) is 11.8 Å². The summed E-state index contributed by atoms with van der Waals surface area (Å²) in [6.45, 7) is 21.4. The molecule has 34 heavy (non-hydrogen) atoms. The first-order valence-corrected chi connectivity index (χ1v) is 13.0. The first-order valence-electron chi connectivity index (χ1n) is 13.0. The summed E-state index contributed by atoms with van der Waals surface area (Å²) in [4.78, 5) is 12.2. The molecule has 0 N–H and O–H groups in total. The number of carbonyl (C=O) groups is 1. The van der Waals surface area contributed by atoms with Crippen molar-refractivity contribution in [2.75, 3.05) is 6.61 Å². The van der Waals surface area contributed by atoms with E-state index in [1.165, 1.54) is 27.8 Å². The van der Waals surface area contributed by atoms with Gasteiger partial charge in [-0.05, 0) is 88.0 Å². The second-order valence-corrected chi connectivity index (χ2v) is 11.8. The summed E-state index contributed by atoms with van der Waals surface area (Å²) in [6.07, 6.45) is 5.23. The molecule has 0 fully saturated rings. The second-order valence-electron chi connectivity index (χ2n) is 11.8. The number of carbonyl (C=O) groups excluding carboxylic acids is 1. The minimum Gasteiger partial charge on any atom is -0.462 e. The quantitative estimate of drug-likeness (QED) is 0.224. The maximum atomic E-state index is 12.2. The van der Waals surface area contributed by atoms with E-state index in [4.69, 9.17) is 4.74 Å². The third-order valence-electron chi connectivity index (χ3n) is 8.11. The van der Waals surface area contributed by atoms with Crippen LogP contribution in [0.2, 0.25) is 0 Å². The molecule has 0 aromatic heterocycles. The summed E-state index contributed by atoms with van der Waals surface area (Å²) in [5.74, 6) is 0.932. The monoisotopic (exact) mass is 460 g/mol. The van der Waals surface area contributed by atoms with Crippen molar-refractivity contribution in [2.45, 2.75) is 92.4 Å². The van der Waals surface area contributed by atoms with Crippen molar-refractivity contribution in [1.82, 2.24) is 0 Å². The summed E-state index contributed by atoms with van der Waals surface area (Å²) in [7, 11) is 0. The molecule has 0 heterocycles. The van der Waals surface area contributed by atoms with Gasteiger partial charge >= 0.3 is 5.97 Å². The number of unbranched alkanes of at least 4 members (excludes halogenated alkanes) is 1. The van der Waals surface area contributed by atoms with Crippen molar-refractivity contribution in [3.63, 3.8) is 0 Å². The molecule has 1 aliphatic carbocycles. The van der Waals surface area contributed by atoms with Crippen molar-refractivity contribution in [3.8, 4) is 0 Å². The van der Waals surface area contributed by atoms with E-state index in [0.29, 0.717) is 24.0 Å². The lowest BCUT2D eigenvalue weighted by Gasteiger charge is -2.32. The van der Waals surface area contributed by atoms with Gasteiger partial charge in [0.15, 0.2) is 0 Å². The SMILES string of the molecule is CCCCOC(=O)c1ccc(C=C(C)c2cc3c(cc2CC(C)C)C(C)(C)C(C)C3(C)C)cc1. The van der Waals surface area contributed by atoms with Crippen LogP contribution < -0.4 is 0 Å². The van der Waals surface area contributed by atoms with Crippen molar-refractivity contribution >= 4 is 17.6 Å². The lowest BCUT2D eigenvalue weighted by atomic mass is 9.71. The van der Waals surface area contributed by atoms with Crippen LogP contribution in [-0.2, 0) is 22.0 Å². The zero-order chi connectivity index (χ0) is 25.3. The fourth-order valence-corrected chi connectivity index (χ4v) is 5.49. The number of esters is 1. The number of hydrogen-bond acceptors (Lipinski definition) is 2. The van der Waals surface area contributed by atoms with Crippen LogP contribution in [0, 0.1) is 11.8 Å². The molecule has 0 amide bonds. The summed E-state index contributed by atoms with van der Waals surface area (Å²) in [5.41, 5.74) is 9.10. The molecule has 3 rings (SSSR count). The van der Waals surface area contributed by atoms with Gasteiger partial charge in [-0.25, -0.2) is 4.79 Å². The maximum absolute atomic E-state index is 12.2. The third kappa shape index (κ3) is 5.16. The fourth-order valence-electron chi connectivity index (χ4n) is 5.49. The Morgan fingerprint density at radius 2 is 1.62 bits per heavy atom. The number of benzene rings is 2. The van der Waals surface area contributed by atoms with Crippen LogP contribution in [0.1, 0.15) is 113 Å². The largest absolute Gasteiger partial charge is 0.462 e. The lowest BCUT2D eigenvalue weighted by molar-refractivity contribution is 0.0499. The Balaban J connectivity index is 1.97. The van der Waals surface area contributed by atoms with E-state index in [9.17, 15) is 4.79 Å². The highest BCUT2D eigenvalue weighted by Gasteiger charge is 2.48. The number of rotatable bonds is 8. The van der Waals surface area contributed by atoms with E-state index in [1.54, 1.807) is 0 Å².